The number of anilines is 1. The van der Waals surface area contributed by atoms with E-state index in [2.05, 4.69) is 5.32 Å². The summed E-state index contributed by atoms with van der Waals surface area (Å²) in [6.45, 7) is 3.16. The van der Waals surface area contributed by atoms with Gasteiger partial charge >= 0.3 is 0 Å². The summed E-state index contributed by atoms with van der Waals surface area (Å²) in [7, 11) is 1.83. The number of halogens is 1. The number of pyridine rings is 1. The molecular weight excluding hydrogens is 275 g/mol. The Kier molecular flexibility index (Phi) is 4.32. The van der Waals surface area contributed by atoms with Crippen molar-refractivity contribution in [2.45, 2.75) is 25.6 Å². The van der Waals surface area contributed by atoms with Crippen molar-refractivity contribution in [3.8, 4) is 0 Å². The van der Waals surface area contributed by atoms with Gasteiger partial charge in [0.05, 0.1) is 17.8 Å². The molecule has 2 heterocycles. The van der Waals surface area contributed by atoms with E-state index in [4.69, 9.17) is 5.73 Å². The fraction of sp³-hybridized carbons (Fsp3) is 0.571. The number of primary amides is 1. The quantitative estimate of drug-likeness (QED) is 0.797. The summed E-state index contributed by atoms with van der Waals surface area (Å²) in [5.74, 6) is -0.638. The number of amides is 1. The van der Waals surface area contributed by atoms with Crippen molar-refractivity contribution in [2.75, 3.05) is 32.0 Å². The fourth-order valence-electron chi connectivity index (χ4n) is 2.62. The first kappa shape index (κ1) is 15.5. The molecule has 0 spiro atoms. The average Bonchev–Trinajstić information content (AvgIpc) is 2.37. The molecule has 0 aliphatic carbocycles. The Morgan fingerprint density at radius 3 is 2.71 bits per heavy atom. The highest BCUT2D eigenvalue weighted by atomic mass is 19.1. The number of rotatable bonds is 6. The highest BCUT2D eigenvalue weighted by Gasteiger charge is 2.41. The maximum atomic E-state index is 14.2. The summed E-state index contributed by atoms with van der Waals surface area (Å²) in [4.78, 5) is 25.3. The number of carbonyl (C=O) groups is 1. The summed E-state index contributed by atoms with van der Waals surface area (Å²) in [5, 5.41) is 2.85. The minimum Gasteiger partial charge on any atom is -0.381 e. The van der Waals surface area contributed by atoms with E-state index in [1.54, 1.807) is 0 Å². The Morgan fingerprint density at radius 2 is 2.19 bits per heavy atom. The largest absolute Gasteiger partial charge is 0.381 e. The van der Waals surface area contributed by atoms with Gasteiger partial charge < -0.3 is 15.6 Å². The smallest absolute Gasteiger partial charge is 0.252 e. The predicted molar refractivity (Wildman–Crippen MR) is 79.3 cm³/mol. The zero-order chi connectivity index (χ0) is 15.6. The van der Waals surface area contributed by atoms with E-state index in [9.17, 15) is 14.0 Å². The topological polar surface area (TPSA) is 80.4 Å². The molecule has 1 aliphatic heterocycles. The van der Waals surface area contributed by atoms with Gasteiger partial charge in [-0.1, -0.05) is 6.92 Å². The number of likely N-dealkylation sites (tertiary alicyclic amines) is 1. The lowest BCUT2D eigenvalue weighted by atomic mass is 9.97. The van der Waals surface area contributed by atoms with Crippen molar-refractivity contribution in [1.82, 2.24) is 9.47 Å². The Morgan fingerprint density at radius 1 is 1.52 bits per heavy atom. The number of aryl methyl sites for hydroxylation is 1. The van der Waals surface area contributed by atoms with Crippen LogP contribution in [0.2, 0.25) is 0 Å². The molecule has 116 valence electrons. The maximum Gasteiger partial charge on any atom is 0.252 e. The number of aromatic nitrogens is 1. The minimum atomic E-state index is -1.33. The third-order valence-corrected chi connectivity index (χ3v) is 3.56. The van der Waals surface area contributed by atoms with Crippen LogP contribution in [0.15, 0.2) is 17.1 Å². The number of nitrogens with one attached hydrogen (secondary N) is 1. The first-order valence-corrected chi connectivity index (χ1v) is 7.00. The molecule has 21 heavy (non-hydrogen) atoms. The minimum absolute atomic E-state index is 0.0504. The predicted octanol–water partition coefficient (Wildman–Crippen LogP) is 0.423. The second-order valence-corrected chi connectivity index (χ2v) is 5.67. The second-order valence-electron chi connectivity index (χ2n) is 5.67. The first-order chi connectivity index (χ1) is 9.84. The third kappa shape index (κ3) is 3.41. The van der Waals surface area contributed by atoms with Crippen LogP contribution in [-0.2, 0) is 6.54 Å². The van der Waals surface area contributed by atoms with E-state index in [0.29, 0.717) is 25.3 Å². The zero-order valence-electron chi connectivity index (χ0n) is 12.4. The SMILES string of the molecule is CCCn1cc(C(N)=O)c(NCC2(F)CN(C)C2)cc1=O. The van der Waals surface area contributed by atoms with Gasteiger partial charge in [-0.15, -0.1) is 0 Å². The number of alkyl halides is 1. The molecule has 0 radical (unpaired) electrons. The van der Waals surface area contributed by atoms with Gasteiger partial charge in [-0.2, -0.15) is 0 Å². The monoisotopic (exact) mass is 296 g/mol. The van der Waals surface area contributed by atoms with E-state index < -0.39 is 11.6 Å². The van der Waals surface area contributed by atoms with Crippen LogP contribution in [0.25, 0.3) is 0 Å². The van der Waals surface area contributed by atoms with E-state index in [1.807, 2.05) is 18.9 Å². The summed E-state index contributed by atoms with van der Waals surface area (Å²) < 4.78 is 15.6. The highest BCUT2D eigenvalue weighted by Crippen LogP contribution is 2.24. The molecule has 1 saturated heterocycles. The van der Waals surface area contributed by atoms with Crippen molar-refractivity contribution in [1.29, 1.82) is 0 Å². The summed E-state index contributed by atoms with van der Waals surface area (Å²) in [6, 6.07) is 1.31. The van der Waals surface area contributed by atoms with Crippen LogP contribution in [0.4, 0.5) is 10.1 Å². The Bertz CT molecular complexity index is 593. The third-order valence-electron chi connectivity index (χ3n) is 3.56. The molecule has 0 bridgehead atoms. The normalized spacial score (nSPS) is 17.3. The van der Waals surface area contributed by atoms with Gasteiger partial charge in [-0.05, 0) is 13.5 Å². The Hall–Kier alpha value is -1.89. The van der Waals surface area contributed by atoms with Crippen LogP contribution in [-0.4, -0.2) is 47.7 Å². The van der Waals surface area contributed by atoms with Crippen molar-refractivity contribution < 1.29 is 9.18 Å². The molecule has 1 aromatic heterocycles. The Labute approximate surface area is 122 Å². The number of hydrogen-bond donors (Lipinski definition) is 2. The number of nitrogens with two attached hydrogens (primary N) is 1. The molecule has 6 nitrogen and oxygen atoms in total. The van der Waals surface area contributed by atoms with Crippen LogP contribution in [0, 0.1) is 0 Å². The van der Waals surface area contributed by atoms with Gasteiger partial charge in [0.1, 0.15) is 0 Å². The second kappa shape index (κ2) is 5.85. The molecule has 0 aromatic carbocycles. The lowest BCUT2D eigenvalue weighted by Crippen LogP contribution is -2.60. The van der Waals surface area contributed by atoms with E-state index in [1.165, 1.54) is 16.8 Å². The van der Waals surface area contributed by atoms with Gasteiger partial charge in [-0.3, -0.25) is 14.5 Å². The molecule has 2 rings (SSSR count). The maximum absolute atomic E-state index is 14.2. The van der Waals surface area contributed by atoms with Crippen LogP contribution in [0.3, 0.4) is 0 Å². The molecule has 7 heteroatoms. The van der Waals surface area contributed by atoms with E-state index >= 15 is 0 Å². The number of carbonyl (C=O) groups excluding carboxylic acids is 1. The highest BCUT2D eigenvalue weighted by molar-refractivity contribution is 5.98. The lowest BCUT2D eigenvalue weighted by molar-refractivity contribution is -0.00382. The van der Waals surface area contributed by atoms with Crippen molar-refractivity contribution in [3.63, 3.8) is 0 Å². The van der Waals surface area contributed by atoms with Crippen molar-refractivity contribution in [2.24, 2.45) is 5.73 Å². The van der Waals surface area contributed by atoms with E-state index in [0.717, 1.165) is 6.42 Å². The molecule has 1 fully saturated rings. The summed E-state index contributed by atoms with van der Waals surface area (Å²) in [5.41, 5.74) is 4.28. The molecule has 1 aliphatic rings. The van der Waals surface area contributed by atoms with Gasteiger partial charge in [0, 0.05) is 31.9 Å². The van der Waals surface area contributed by atoms with Gasteiger partial charge in [0.15, 0.2) is 5.67 Å². The fourth-order valence-corrected chi connectivity index (χ4v) is 2.62. The molecule has 1 aromatic rings. The number of nitrogens with zero attached hydrogens (tertiary/aromatic N) is 2. The van der Waals surface area contributed by atoms with Crippen molar-refractivity contribution in [3.05, 3.63) is 28.2 Å². The molecule has 1 amide bonds. The first-order valence-electron chi connectivity index (χ1n) is 7.00. The average molecular weight is 296 g/mol. The molecular formula is C14H21FN4O2. The standard InChI is InChI=1S/C14H21FN4O2/c1-3-4-19-6-10(13(16)21)11(5-12(19)20)17-7-14(15)8-18(2)9-14/h5-6,17H,3-4,7-9H2,1-2H3,(H2,16,21). The van der Waals surface area contributed by atoms with E-state index in [-0.39, 0.29) is 17.7 Å². The van der Waals surface area contributed by atoms with Gasteiger partial charge in [0.2, 0.25) is 0 Å². The lowest BCUT2D eigenvalue weighted by Gasteiger charge is -2.42. The number of hydrogen-bond acceptors (Lipinski definition) is 4. The van der Waals surface area contributed by atoms with Crippen LogP contribution < -0.4 is 16.6 Å². The zero-order valence-corrected chi connectivity index (χ0v) is 12.4. The molecule has 3 N–H and O–H groups in total. The van der Waals surface area contributed by atoms with Gasteiger partial charge in [-0.25, -0.2) is 4.39 Å². The summed E-state index contributed by atoms with van der Waals surface area (Å²) >= 11 is 0. The van der Waals surface area contributed by atoms with Crippen LogP contribution >= 0.6 is 0 Å². The summed E-state index contributed by atoms with van der Waals surface area (Å²) in [6.07, 6.45) is 2.21. The molecule has 0 unspecified atom stereocenters. The molecule has 0 saturated carbocycles. The van der Waals surface area contributed by atoms with Crippen molar-refractivity contribution >= 4 is 11.6 Å². The van der Waals surface area contributed by atoms with Crippen LogP contribution in [0.5, 0.6) is 0 Å². The van der Waals surface area contributed by atoms with Gasteiger partial charge in [0.25, 0.3) is 11.5 Å². The Balaban J connectivity index is 2.20. The molecule has 0 atom stereocenters. The van der Waals surface area contributed by atoms with Crippen LogP contribution in [0.1, 0.15) is 23.7 Å².